The fourth-order valence-electron chi connectivity index (χ4n) is 3.68. The predicted octanol–water partition coefficient (Wildman–Crippen LogP) is 4.47. The normalized spacial score (nSPS) is 13.4. The van der Waals surface area contributed by atoms with Crippen LogP contribution < -0.4 is 11.1 Å². The first kappa shape index (κ1) is 18.7. The molecule has 1 aliphatic carbocycles. The zero-order valence-corrected chi connectivity index (χ0v) is 16.6. The Kier molecular flexibility index (Phi) is 4.76. The number of aromatic nitrogens is 3. The molecule has 4 rings (SSSR count). The van der Waals surface area contributed by atoms with Gasteiger partial charge in [-0.1, -0.05) is 36.9 Å². The summed E-state index contributed by atoms with van der Waals surface area (Å²) in [5, 5.41) is 3.72. The highest BCUT2D eigenvalue weighted by molar-refractivity contribution is 6.05. The van der Waals surface area contributed by atoms with Crippen molar-refractivity contribution in [1.29, 1.82) is 0 Å². The highest BCUT2D eigenvalue weighted by Gasteiger charge is 2.23. The zero-order valence-electron chi connectivity index (χ0n) is 16.6. The van der Waals surface area contributed by atoms with Crippen molar-refractivity contribution in [2.24, 2.45) is 7.05 Å². The van der Waals surface area contributed by atoms with Crippen LogP contribution in [-0.4, -0.2) is 20.4 Å². The van der Waals surface area contributed by atoms with E-state index in [1.165, 1.54) is 11.9 Å². The van der Waals surface area contributed by atoms with Crippen LogP contribution in [0.25, 0.3) is 27.9 Å². The quantitative estimate of drug-likeness (QED) is 0.513. The molecule has 0 unspecified atom stereocenters. The molecule has 0 saturated carbocycles. The average Bonchev–Trinajstić information content (AvgIpc) is 3.03. The fourth-order valence-corrected chi connectivity index (χ4v) is 3.68. The van der Waals surface area contributed by atoms with E-state index >= 15 is 0 Å². The Morgan fingerprint density at radius 3 is 2.62 bits per heavy atom. The lowest BCUT2D eigenvalue weighted by molar-refractivity contribution is -0.112. The Balaban J connectivity index is 1.86. The first-order valence-electron chi connectivity index (χ1n) is 9.48. The van der Waals surface area contributed by atoms with Crippen molar-refractivity contribution in [1.82, 2.24) is 14.5 Å². The number of nitrogens with two attached hydrogens (primary N) is 1. The van der Waals surface area contributed by atoms with E-state index in [0.717, 1.165) is 46.4 Å². The summed E-state index contributed by atoms with van der Waals surface area (Å²) in [5.74, 6) is 0.290. The number of rotatable bonds is 4. The SMILES string of the molecule is C=C(C)C(=O)Nc1ccc(-c2c(C3=CCC=CC3)c3c(N)ncnc3n2C)cc1. The fraction of sp³-hybridized carbons (Fsp3) is 0.174. The van der Waals surface area contributed by atoms with Gasteiger partial charge in [0.05, 0.1) is 11.1 Å². The van der Waals surface area contributed by atoms with Gasteiger partial charge in [-0.15, -0.1) is 0 Å². The van der Waals surface area contributed by atoms with Crippen LogP contribution in [-0.2, 0) is 11.8 Å². The number of hydrogen-bond donors (Lipinski definition) is 2. The number of amides is 1. The van der Waals surface area contributed by atoms with E-state index in [9.17, 15) is 4.79 Å². The maximum Gasteiger partial charge on any atom is 0.250 e. The summed E-state index contributed by atoms with van der Waals surface area (Å²) in [4.78, 5) is 20.6. The number of anilines is 2. The number of carbonyl (C=O) groups excluding carboxylic acids is 1. The maximum atomic E-state index is 11.9. The first-order chi connectivity index (χ1) is 14.0. The summed E-state index contributed by atoms with van der Waals surface area (Å²) < 4.78 is 2.06. The number of nitrogens with zero attached hydrogens (tertiary/aromatic N) is 3. The predicted molar refractivity (Wildman–Crippen MR) is 118 cm³/mol. The Morgan fingerprint density at radius 2 is 1.97 bits per heavy atom. The van der Waals surface area contributed by atoms with Gasteiger partial charge in [-0.3, -0.25) is 4.79 Å². The smallest absolute Gasteiger partial charge is 0.250 e. The number of hydrogen-bond acceptors (Lipinski definition) is 4. The molecule has 146 valence electrons. The molecule has 2 heterocycles. The topological polar surface area (TPSA) is 85.8 Å². The van der Waals surface area contributed by atoms with Crippen molar-refractivity contribution in [2.45, 2.75) is 19.8 Å². The Bertz CT molecular complexity index is 1180. The second-order valence-corrected chi connectivity index (χ2v) is 7.19. The molecule has 1 aliphatic rings. The molecule has 1 aromatic carbocycles. The minimum Gasteiger partial charge on any atom is -0.383 e. The molecule has 0 atom stereocenters. The third-order valence-corrected chi connectivity index (χ3v) is 5.13. The van der Waals surface area contributed by atoms with E-state index in [1.54, 1.807) is 6.92 Å². The lowest BCUT2D eigenvalue weighted by atomic mass is 9.93. The summed E-state index contributed by atoms with van der Waals surface area (Å²) in [5.41, 5.74) is 12.6. The van der Waals surface area contributed by atoms with Gasteiger partial charge < -0.3 is 15.6 Å². The van der Waals surface area contributed by atoms with E-state index in [2.05, 4.69) is 44.7 Å². The van der Waals surface area contributed by atoms with Crippen molar-refractivity contribution in [3.8, 4) is 11.3 Å². The number of aryl methyl sites for hydroxylation is 1. The molecule has 2 aromatic heterocycles. The van der Waals surface area contributed by atoms with Crippen LogP contribution in [0.3, 0.4) is 0 Å². The molecule has 6 heteroatoms. The summed E-state index contributed by atoms with van der Waals surface area (Å²) >= 11 is 0. The van der Waals surface area contributed by atoms with E-state index in [4.69, 9.17) is 5.73 Å². The lowest BCUT2D eigenvalue weighted by Crippen LogP contribution is -2.11. The van der Waals surface area contributed by atoms with Crippen LogP contribution in [0.5, 0.6) is 0 Å². The summed E-state index contributed by atoms with van der Waals surface area (Å²) in [6.45, 7) is 5.36. The van der Waals surface area contributed by atoms with E-state index < -0.39 is 0 Å². The van der Waals surface area contributed by atoms with E-state index in [-0.39, 0.29) is 5.91 Å². The number of carbonyl (C=O) groups is 1. The number of fused-ring (bicyclic) bond motifs is 1. The van der Waals surface area contributed by atoms with Crippen molar-refractivity contribution in [2.75, 3.05) is 11.1 Å². The number of nitrogens with one attached hydrogen (secondary N) is 1. The third-order valence-electron chi connectivity index (χ3n) is 5.13. The van der Waals surface area contributed by atoms with Crippen LogP contribution in [0.15, 0.2) is 61.0 Å². The second-order valence-electron chi connectivity index (χ2n) is 7.19. The monoisotopic (exact) mass is 385 g/mol. The molecule has 0 aliphatic heterocycles. The average molecular weight is 385 g/mol. The Labute approximate surface area is 169 Å². The minimum atomic E-state index is -0.190. The summed E-state index contributed by atoms with van der Waals surface area (Å²) in [6.07, 6.45) is 9.79. The molecule has 0 fully saturated rings. The molecule has 3 N–H and O–H groups in total. The molecule has 0 radical (unpaired) electrons. The first-order valence-corrected chi connectivity index (χ1v) is 9.48. The Hall–Kier alpha value is -3.67. The van der Waals surface area contributed by atoms with E-state index in [1.807, 2.05) is 31.3 Å². The molecular formula is C23H23N5O. The molecule has 1 amide bonds. The van der Waals surface area contributed by atoms with Gasteiger partial charge in [0.1, 0.15) is 17.8 Å². The van der Waals surface area contributed by atoms with Crippen molar-refractivity contribution >= 4 is 34.0 Å². The highest BCUT2D eigenvalue weighted by Crippen LogP contribution is 2.41. The summed E-state index contributed by atoms with van der Waals surface area (Å²) in [6, 6.07) is 7.77. The number of benzene rings is 1. The van der Waals surface area contributed by atoms with Gasteiger partial charge in [0.2, 0.25) is 0 Å². The number of allylic oxidation sites excluding steroid dienone is 4. The molecule has 6 nitrogen and oxygen atoms in total. The van der Waals surface area contributed by atoms with Crippen LogP contribution in [0.1, 0.15) is 25.3 Å². The van der Waals surface area contributed by atoms with Crippen molar-refractivity contribution in [3.63, 3.8) is 0 Å². The summed E-state index contributed by atoms with van der Waals surface area (Å²) in [7, 11) is 1.99. The third kappa shape index (κ3) is 3.33. The van der Waals surface area contributed by atoms with Crippen LogP contribution in [0.4, 0.5) is 11.5 Å². The molecule has 0 saturated heterocycles. The second kappa shape index (κ2) is 7.39. The van der Waals surface area contributed by atoms with Gasteiger partial charge in [-0.2, -0.15) is 0 Å². The van der Waals surface area contributed by atoms with Gasteiger partial charge in [-0.05, 0) is 43.0 Å². The van der Waals surface area contributed by atoms with Crippen molar-refractivity contribution in [3.05, 3.63) is 66.5 Å². The van der Waals surface area contributed by atoms with E-state index in [0.29, 0.717) is 11.4 Å². The largest absolute Gasteiger partial charge is 0.383 e. The van der Waals surface area contributed by atoms with Crippen molar-refractivity contribution < 1.29 is 4.79 Å². The molecule has 0 spiro atoms. The van der Waals surface area contributed by atoms with Gasteiger partial charge >= 0.3 is 0 Å². The van der Waals surface area contributed by atoms with Gasteiger partial charge in [0.25, 0.3) is 5.91 Å². The minimum absolute atomic E-state index is 0.190. The molecule has 0 bridgehead atoms. The van der Waals surface area contributed by atoms with Crippen LogP contribution >= 0.6 is 0 Å². The van der Waals surface area contributed by atoms with Gasteiger partial charge in [0.15, 0.2) is 0 Å². The molecule has 29 heavy (non-hydrogen) atoms. The zero-order chi connectivity index (χ0) is 20.5. The highest BCUT2D eigenvalue weighted by atomic mass is 16.1. The van der Waals surface area contributed by atoms with Crippen LogP contribution in [0, 0.1) is 0 Å². The maximum absolute atomic E-state index is 11.9. The van der Waals surface area contributed by atoms with Gasteiger partial charge in [-0.25, -0.2) is 9.97 Å². The van der Waals surface area contributed by atoms with Crippen LogP contribution in [0.2, 0.25) is 0 Å². The standard InChI is InChI=1S/C23H23N5O/c1-14(2)23(29)27-17-11-9-16(10-12-17)20-18(15-7-5-4-6-8-15)19-21(24)25-13-26-22(19)28(20)3/h4-5,8-13H,1,6-7H2,2-3H3,(H,27,29)(H2,24,25,26). The molecular weight excluding hydrogens is 362 g/mol. The van der Waals surface area contributed by atoms with Gasteiger partial charge in [0, 0.05) is 23.9 Å². The molecule has 3 aromatic rings. The number of nitrogen functional groups attached to an aromatic ring is 1. The lowest BCUT2D eigenvalue weighted by Gasteiger charge is -2.13. The Morgan fingerprint density at radius 1 is 1.21 bits per heavy atom.